The Labute approximate surface area is 91.2 Å². The van der Waals surface area contributed by atoms with E-state index in [1.807, 2.05) is 0 Å². The molecule has 0 aliphatic heterocycles. The number of hydrogen-bond donors (Lipinski definition) is 3. The predicted octanol–water partition coefficient (Wildman–Crippen LogP) is -1.21. The van der Waals surface area contributed by atoms with Gasteiger partial charge < -0.3 is 24.8 Å². The highest BCUT2D eigenvalue weighted by atomic mass is 16.8. The van der Waals surface area contributed by atoms with Gasteiger partial charge in [-0.1, -0.05) is 13.2 Å². The molecule has 0 aromatic rings. The van der Waals surface area contributed by atoms with Crippen molar-refractivity contribution >= 4 is 11.9 Å². The van der Waals surface area contributed by atoms with Crippen molar-refractivity contribution in [2.24, 2.45) is 0 Å². The molecule has 90 valence electrons. The lowest BCUT2D eigenvalue weighted by atomic mass is 10.2. The van der Waals surface area contributed by atoms with E-state index < -0.39 is 23.7 Å². The number of ether oxygens (including phenoxy) is 2. The van der Waals surface area contributed by atoms with Crippen LogP contribution in [0.25, 0.3) is 0 Å². The van der Waals surface area contributed by atoms with Crippen molar-refractivity contribution in [2.75, 3.05) is 0 Å². The molecule has 0 aliphatic rings. The van der Waals surface area contributed by atoms with Gasteiger partial charge in [-0.15, -0.1) is 0 Å². The molecule has 3 N–H and O–H groups in total. The fourth-order valence-electron chi connectivity index (χ4n) is 0.625. The fourth-order valence-corrected chi connectivity index (χ4v) is 0.625. The zero-order chi connectivity index (χ0) is 13.0. The van der Waals surface area contributed by atoms with E-state index in [0.717, 1.165) is 6.92 Å². The van der Waals surface area contributed by atoms with Crippen molar-refractivity contribution in [3.63, 3.8) is 0 Å². The SMILES string of the molecule is C=CC(=O)OC(C)(OC(=O)C=C)C(O)(O)O. The lowest BCUT2D eigenvalue weighted by molar-refractivity contribution is -0.437. The first-order chi connectivity index (χ1) is 7.16. The molecule has 7 nitrogen and oxygen atoms in total. The Morgan fingerprint density at radius 1 is 1.06 bits per heavy atom. The zero-order valence-corrected chi connectivity index (χ0v) is 8.54. The first kappa shape index (κ1) is 14.3. The summed E-state index contributed by atoms with van der Waals surface area (Å²) in [5.41, 5.74) is 0. The molecule has 7 heteroatoms. The van der Waals surface area contributed by atoms with Crippen LogP contribution in [0, 0.1) is 0 Å². The standard InChI is InChI=1S/C9H12O7/c1-4-6(10)15-8(3,9(12,13)14)16-7(11)5-2/h4-5,12-14H,1-2H2,3H3. The van der Waals surface area contributed by atoms with E-state index in [9.17, 15) is 9.59 Å². The van der Waals surface area contributed by atoms with Gasteiger partial charge in [0.15, 0.2) is 0 Å². The first-order valence-corrected chi connectivity index (χ1v) is 4.04. The Morgan fingerprint density at radius 2 is 1.38 bits per heavy atom. The number of aliphatic hydroxyl groups is 3. The summed E-state index contributed by atoms with van der Waals surface area (Å²) in [6.45, 7) is 6.87. The number of hydrogen-bond acceptors (Lipinski definition) is 7. The van der Waals surface area contributed by atoms with Gasteiger partial charge >= 0.3 is 23.7 Å². The third kappa shape index (κ3) is 3.46. The molecule has 0 saturated carbocycles. The molecular weight excluding hydrogens is 220 g/mol. The minimum Gasteiger partial charge on any atom is -0.411 e. The second-order valence-corrected chi connectivity index (χ2v) is 2.83. The Bertz CT molecular complexity index is 290. The van der Waals surface area contributed by atoms with Crippen LogP contribution in [0.1, 0.15) is 6.92 Å². The summed E-state index contributed by atoms with van der Waals surface area (Å²) in [5.74, 6) is -8.50. The van der Waals surface area contributed by atoms with Crippen molar-refractivity contribution in [2.45, 2.75) is 18.7 Å². The summed E-state index contributed by atoms with van der Waals surface area (Å²) >= 11 is 0. The molecular formula is C9H12O7. The van der Waals surface area contributed by atoms with Crippen LogP contribution in [0.5, 0.6) is 0 Å². The zero-order valence-electron chi connectivity index (χ0n) is 8.54. The molecule has 0 atom stereocenters. The minimum absolute atomic E-state index is 0.686. The Morgan fingerprint density at radius 3 is 1.56 bits per heavy atom. The van der Waals surface area contributed by atoms with Gasteiger partial charge in [0.25, 0.3) is 0 Å². The van der Waals surface area contributed by atoms with Crippen LogP contribution in [0.2, 0.25) is 0 Å². The molecule has 16 heavy (non-hydrogen) atoms. The van der Waals surface area contributed by atoms with Gasteiger partial charge in [0.2, 0.25) is 0 Å². The Balaban J connectivity index is 5.03. The molecule has 0 fully saturated rings. The average Bonchev–Trinajstić information content (AvgIpc) is 2.15. The van der Waals surface area contributed by atoms with E-state index in [-0.39, 0.29) is 0 Å². The topological polar surface area (TPSA) is 113 Å². The second-order valence-electron chi connectivity index (χ2n) is 2.83. The van der Waals surface area contributed by atoms with Gasteiger partial charge in [-0.05, 0) is 0 Å². The van der Waals surface area contributed by atoms with E-state index in [4.69, 9.17) is 15.3 Å². The van der Waals surface area contributed by atoms with Crippen LogP contribution in [-0.4, -0.2) is 39.0 Å². The molecule has 0 spiro atoms. The molecule has 0 saturated heterocycles. The highest BCUT2D eigenvalue weighted by Gasteiger charge is 2.52. The highest BCUT2D eigenvalue weighted by Crippen LogP contribution is 2.24. The van der Waals surface area contributed by atoms with Gasteiger partial charge in [0.1, 0.15) is 0 Å². The third-order valence-corrected chi connectivity index (χ3v) is 1.53. The van der Waals surface area contributed by atoms with Crippen molar-refractivity contribution in [3.05, 3.63) is 25.3 Å². The van der Waals surface area contributed by atoms with Crippen LogP contribution < -0.4 is 0 Å². The normalized spacial score (nSPS) is 11.5. The lowest BCUT2D eigenvalue weighted by Gasteiger charge is -2.34. The van der Waals surface area contributed by atoms with E-state index >= 15 is 0 Å². The average molecular weight is 232 g/mol. The smallest absolute Gasteiger partial charge is 0.357 e. The van der Waals surface area contributed by atoms with Crippen LogP contribution in [0.3, 0.4) is 0 Å². The summed E-state index contributed by atoms with van der Waals surface area (Å²) in [5, 5.41) is 26.7. The van der Waals surface area contributed by atoms with Gasteiger partial charge in [-0.3, -0.25) is 0 Å². The highest BCUT2D eigenvalue weighted by molar-refractivity contribution is 5.83. The lowest BCUT2D eigenvalue weighted by Crippen LogP contribution is -2.57. The third-order valence-electron chi connectivity index (χ3n) is 1.53. The summed E-state index contributed by atoms with van der Waals surface area (Å²) in [6.07, 6.45) is 1.37. The number of carbonyl (C=O) groups is 2. The van der Waals surface area contributed by atoms with E-state index in [1.54, 1.807) is 0 Å². The van der Waals surface area contributed by atoms with Gasteiger partial charge in [0.05, 0.1) is 0 Å². The van der Waals surface area contributed by atoms with E-state index in [2.05, 4.69) is 22.6 Å². The summed E-state index contributed by atoms with van der Waals surface area (Å²) in [7, 11) is 0. The van der Waals surface area contributed by atoms with Crippen LogP contribution in [0.15, 0.2) is 25.3 Å². The Kier molecular flexibility index (Phi) is 4.36. The molecule has 0 unspecified atom stereocenters. The number of carbonyl (C=O) groups excluding carboxylic acids is 2. The van der Waals surface area contributed by atoms with Crippen LogP contribution in [-0.2, 0) is 19.1 Å². The molecule has 0 bridgehead atoms. The first-order valence-electron chi connectivity index (χ1n) is 4.04. The molecule has 0 radical (unpaired) electrons. The molecule has 0 heterocycles. The quantitative estimate of drug-likeness (QED) is 0.309. The van der Waals surface area contributed by atoms with E-state index in [0.29, 0.717) is 12.2 Å². The second kappa shape index (κ2) is 4.88. The fraction of sp³-hybridized carbons (Fsp3) is 0.333. The number of rotatable bonds is 5. The number of esters is 2. The van der Waals surface area contributed by atoms with Crippen LogP contribution >= 0.6 is 0 Å². The van der Waals surface area contributed by atoms with Crippen molar-refractivity contribution < 1.29 is 34.4 Å². The van der Waals surface area contributed by atoms with Gasteiger partial charge in [-0.2, -0.15) is 0 Å². The Hall–Kier alpha value is -1.70. The van der Waals surface area contributed by atoms with Crippen molar-refractivity contribution in [1.29, 1.82) is 0 Å². The molecule has 0 aromatic heterocycles. The van der Waals surface area contributed by atoms with Gasteiger partial charge in [-0.25, -0.2) is 9.59 Å². The summed E-state index contributed by atoms with van der Waals surface area (Å²) in [4.78, 5) is 21.7. The maximum absolute atomic E-state index is 10.9. The largest absolute Gasteiger partial charge is 0.411 e. The predicted molar refractivity (Wildman–Crippen MR) is 50.4 cm³/mol. The molecule has 0 aliphatic carbocycles. The maximum atomic E-state index is 10.9. The van der Waals surface area contributed by atoms with Crippen molar-refractivity contribution in [1.82, 2.24) is 0 Å². The molecule has 0 rings (SSSR count). The monoisotopic (exact) mass is 232 g/mol. The maximum Gasteiger partial charge on any atom is 0.357 e. The van der Waals surface area contributed by atoms with Crippen LogP contribution in [0.4, 0.5) is 0 Å². The van der Waals surface area contributed by atoms with Crippen molar-refractivity contribution in [3.8, 4) is 0 Å². The molecule has 0 amide bonds. The summed E-state index contributed by atoms with van der Waals surface area (Å²) in [6, 6.07) is 0. The van der Waals surface area contributed by atoms with Gasteiger partial charge in [0, 0.05) is 19.1 Å². The summed E-state index contributed by atoms with van der Waals surface area (Å²) < 4.78 is 8.65. The van der Waals surface area contributed by atoms with E-state index in [1.165, 1.54) is 0 Å². The minimum atomic E-state index is -3.57. The molecule has 0 aromatic carbocycles.